The molecule has 1 N–H and O–H groups in total. The summed E-state index contributed by atoms with van der Waals surface area (Å²) < 4.78 is 0. The highest BCUT2D eigenvalue weighted by molar-refractivity contribution is 5.84. The predicted molar refractivity (Wildman–Crippen MR) is 82.6 cm³/mol. The van der Waals surface area contributed by atoms with Crippen LogP contribution in [0.1, 0.15) is 20.3 Å². The summed E-state index contributed by atoms with van der Waals surface area (Å²) in [4.78, 5) is 6.61. The van der Waals surface area contributed by atoms with Gasteiger partial charge in [-0.1, -0.05) is 19.9 Å². The molecule has 0 amide bonds. The average Bonchev–Trinajstić information content (AvgIpc) is 2.47. The molecule has 0 aliphatic heterocycles. The molecule has 1 heterocycles. The maximum atomic E-state index is 4.16. The van der Waals surface area contributed by atoms with Crippen molar-refractivity contribution in [1.29, 1.82) is 0 Å². The van der Waals surface area contributed by atoms with Gasteiger partial charge in [-0.2, -0.15) is 0 Å². The number of pyridine rings is 1. The van der Waals surface area contributed by atoms with Gasteiger partial charge in [0.1, 0.15) is 0 Å². The second kappa shape index (κ2) is 7.10. The second-order valence-corrected chi connectivity index (χ2v) is 4.74. The van der Waals surface area contributed by atoms with Crippen molar-refractivity contribution >= 4 is 16.5 Å². The van der Waals surface area contributed by atoms with E-state index in [1.165, 1.54) is 22.9 Å². The lowest BCUT2D eigenvalue weighted by molar-refractivity contribution is 0.303. The molecular formula is C16H23N3. The molecule has 3 heteroatoms. The summed E-state index contributed by atoms with van der Waals surface area (Å²) in [6.07, 6.45) is 4.92. The van der Waals surface area contributed by atoms with Gasteiger partial charge in [0.15, 0.2) is 0 Å². The van der Waals surface area contributed by atoms with E-state index in [-0.39, 0.29) is 0 Å². The smallest absolute Gasteiger partial charge is 0.0347 e. The Hall–Kier alpha value is -1.61. The maximum Gasteiger partial charge on any atom is 0.0347 e. The summed E-state index contributed by atoms with van der Waals surface area (Å²) in [5.74, 6) is 0. The third-order valence-electron chi connectivity index (χ3n) is 3.52. The molecule has 0 radical (unpaired) electrons. The zero-order valence-electron chi connectivity index (χ0n) is 11.9. The first-order chi connectivity index (χ1) is 9.33. The van der Waals surface area contributed by atoms with Gasteiger partial charge in [0.05, 0.1) is 0 Å². The first-order valence-corrected chi connectivity index (χ1v) is 7.13. The predicted octanol–water partition coefficient (Wildman–Crippen LogP) is 3.38. The van der Waals surface area contributed by atoms with Crippen LogP contribution in [0.3, 0.4) is 0 Å². The lowest BCUT2D eigenvalue weighted by Gasteiger charge is -2.18. The van der Waals surface area contributed by atoms with Crippen molar-refractivity contribution in [2.75, 3.05) is 31.5 Å². The number of hydrogen-bond donors (Lipinski definition) is 1. The van der Waals surface area contributed by atoms with Crippen molar-refractivity contribution < 1.29 is 0 Å². The summed E-state index contributed by atoms with van der Waals surface area (Å²) in [7, 11) is 0. The molecule has 102 valence electrons. The zero-order valence-corrected chi connectivity index (χ0v) is 11.9. The van der Waals surface area contributed by atoms with Crippen LogP contribution < -0.4 is 5.32 Å². The Morgan fingerprint density at radius 1 is 1.11 bits per heavy atom. The molecule has 0 saturated carbocycles. The molecule has 0 aliphatic rings. The number of nitrogens with one attached hydrogen (secondary N) is 1. The third-order valence-corrected chi connectivity index (χ3v) is 3.52. The van der Waals surface area contributed by atoms with E-state index in [4.69, 9.17) is 0 Å². The molecule has 0 spiro atoms. The van der Waals surface area contributed by atoms with Crippen LogP contribution >= 0.6 is 0 Å². The zero-order chi connectivity index (χ0) is 13.5. The molecule has 0 aliphatic carbocycles. The monoisotopic (exact) mass is 257 g/mol. The fourth-order valence-electron chi connectivity index (χ4n) is 2.27. The molecule has 19 heavy (non-hydrogen) atoms. The molecule has 2 aromatic rings. The second-order valence-electron chi connectivity index (χ2n) is 4.74. The third kappa shape index (κ3) is 3.93. The van der Waals surface area contributed by atoms with Gasteiger partial charge in [-0.15, -0.1) is 0 Å². The van der Waals surface area contributed by atoms with Gasteiger partial charge in [-0.25, -0.2) is 0 Å². The van der Waals surface area contributed by atoms with Gasteiger partial charge in [-0.05, 0) is 49.6 Å². The van der Waals surface area contributed by atoms with E-state index in [0.717, 1.165) is 26.2 Å². The standard InChI is InChI=1S/C16H23N3/c1-3-19(4-2)11-5-9-18-16-7-6-14-8-10-17-13-15(14)12-16/h6-8,10,12-13,18H,3-5,9,11H2,1-2H3. The number of hydrogen-bond acceptors (Lipinski definition) is 3. The number of nitrogens with zero attached hydrogens (tertiary/aromatic N) is 2. The Morgan fingerprint density at radius 2 is 1.95 bits per heavy atom. The molecule has 1 aromatic carbocycles. The summed E-state index contributed by atoms with van der Waals surface area (Å²) in [6, 6.07) is 8.49. The van der Waals surface area contributed by atoms with Crippen molar-refractivity contribution in [1.82, 2.24) is 9.88 Å². The van der Waals surface area contributed by atoms with Crippen LogP contribution in [0.25, 0.3) is 10.8 Å². The highest BCUT2D eigenvalue weighted by atomic mass is 15.1. The summed E-state index contributed by atoms with van der Waals surface area (Å²) in [6.45, 7) is 8.88. The normalized spacial score (nSPS) is 11.1. The van der Waals surface area contributed by atoms with Crippen molar-refractivity contribution in [3.05, 3.63) is 36.7 Å². The van der Waals surface area contributed by atoms with E-state index in [9.17, 15) is 0 Å². The van der Waals surface area contributed by atoms with Crippen molar-refractivity contribution in [2.45, 2.75) is 20.3 Å². The van der Waals surface area contributed by atoms with Gasteiger partial charge in [0.25, 0.3) is 0 Å². The van der Waals surface area contributed by atoms with E-state index in [1.807, 2.05) is 18.5 Å². The summed E-state index contributed by atoms with van der Waals surface area (Å²) in [5, 5.41) is 5.92. The van der Waals surface area contributed by atoms with Crippen LogP contribution in [0.4, 0.5) is 5.69 Å². The number of anilines is 1. The molecule has 1 aromatic heterocycles. The van der Waals surface area contributed by atoms with Crippen molar-refractivity contribution in [3.8, 4) is 0 Å². The van der Waals surface area contributed by atoms with E-state index in [0.29, 0.717) is 0 Å². The first-order valence-electron chi connectivity index (χ1n) is 7.13. The average molecular weight is 257 g/mol. The fourth-order valence-corrected chi connectivity index (χ4v) is 2.27. The number of aromatic nitrogens is 1. The van der Waals surface area contributed by atoms with Crippen LogP contribution in [0.15, 0.2) is 36.7 Å². The summed E-state index contributed by atoms with van der Waals surface area (Å²) in [5.41, 5.74) is 1.18. The van der Waals surface area contributed by atoms with Gasteiger partial charge >= 0.3 is 0 Å². The minimum atomic E-state index is 1.02. The molecule has 0 fully saturated rings. The van der Waals surface area contributed by atoms with Crippen LogP contribution in [-0.2, 0) is 0 Å². The van der Waals surface area contributed by atoms with E-state index in [2.05, 4.69) is 47.2 Å². The van der Waals surface area contributed by atoms with Crippen LogP contribution in [0, 0.1) is 0 Å². The minimum absolute atomic E-state index is 1.02. The minimum Gasteiger partial charge on any atom is -0.385 e. The van der Waals surface area contributed by atoms with Gasteiger partial charge in [0.2, 0.25) is 0 Å². The molecule has 3 nitrogen and oxygen atoms in total. The van der Waals surface area contributed by atoms with Gasteiger partial charge in [-0.3, -0.25) is 4.98 Å². The molecule has 0 saturated heterocycles. The number of rotatable bonds is 7. The highest BCUT2D eigenvalue weighted by Gasteiger charge is 1.99. The Kier molecular flexibility index (Phi) is 5.16. The van der Waals surface area contributed by atoms with Crippen molar-refractivity contribution in [2.24, 2.45) is 0 Å². The topological polar surface area (TPSA) is 28.2 Å². The van der Waals surface area contributed by atoms with Crippen LogP contribution in [0.2, 0.25) is 0 Å². The highest BCUT2D eigenvalue weighted by Crippen LogP contribution is 2.17. The Balaban J connectivity index is 1.84. The molecule has 0 atom stereocenters. The number of benzene rings is 1. The molecule has 0 unspecified atom stereocenters. The number of fused-ring (bicyclic) bond motifs is 1. The Bertz CT molecular complexity index is 506. The first kappa shape index (κ1) is 13.8. The van der Waals surface area contributed by atoms with E-state index >= 15 is 0 Å². The maximum absolute atomic E-state index is 4.16. The largest absolute Gasteiger partial charge is 0.385 e. The lowest BCUT2D eigenvalue weighted by atomic mass is 10.1. The van der Waals surface area contributed by atoms with Crippen LogP contribution in [-0.4, -0.2) is 36.1 Å². The quantitative estimate of drug-likeness (QED) is 0.771. The van der Waals surface area contributed by atoms with Crippen LogP contribution in [0.5, 0.6) is 0 Å². The molecular weight excluding hydrogens is 234 g/mol. The van der Waals surface area contributed by atoms with Gasteiger partial charge in [0, 0.05) is 30.0 Å². The van der Waals surface area contributed by atoms with Crippen molar-refractivity contribution in [3.63, 3.8) is 0 Å². The Labute approximate surface area is 115 Å². The Morgan fingerprint density at radius 3 is 2.74 bits per heavy atom. The fraction of sp³-hybridized carbons (Fsp3) is 0.438. The van der Waals surface area contributed by atoms with E-state index < -0.39 is 0 Å². The van der Waals surface area contributed by atoms with Gasteiger partial charge < -0.3 is 10.2 Å². The lowest BCUT2D eigenvalue weighted by Crippen LogP contribution is -2.25. The SMILES string of the molecule is CCN(CC)CCCNc1ccc2ccncc2c1. The molecule has 0 bridgehead atoms. The summed E-state index contributed by atoms with van der Waals surface area (Å²) >= 11 is 0. The molecule has 2 rings (SSSR count). The van der Waals surface area contributed by atoms with E-state index in [1.54, 1.807) is 0 Å².